The van der Waals surface area contributed by atoms with E-state index in [2.05, 4.69) is 82.9 Å². The van der Waals surface area contributed by atoms with Crippen molar-refractivity contribution in [2.45, 2.75) is 52.6 Å². The summed E-state index contributed by atoms with van der Waals surface area (Å²) in [5.74, 6) is 0. The van der Waals surface area contributed by atoms with Gasteiger partial charge in [-0.05, 0) is 42.4 Å². The summed E-state index contributed by atoms with van der Waals surface area (Å²) in [4.78, 5) is 4.60. The van der Waals surface area contributed by atoms with Crippen molar-refractivity contribution in [3.63, 3.8) is 0 Å². The van der Waals surface area contributed by atoms with Crippen molar-refractivity contribution in [2.75, 3.05) is 0 Å². The minimum absolute atomic E-state index is 0. The Morgan fingerprint density at radius 3 is 2.22 bits per heavy atom. The molecular weight excluding hydrogens is 355 g/mol. The summed E-state index contributed by atoms with van der Waals surface area (Å²) in [7, 11) is -0.704. The fourth-order valence-electron chi connectivity index (χ4n) is 3.80. The number of hydrogen-bond donors (Lipinski definition) is 0. The zero-order valence-corrected chi connectivity index (χ0v) is 20.7. The maximum Gasteiger partial charge on any atom is 1.00 e. The molecule has 0 aliphatic carbocycles. The molecule has 0 saturated carbocycles. The Morgan fingerprint density at radius 1 is 0.852 bits per heavy atom. The number of aromatic nitrogens is 1. The van der Waals surface area contributed by atoms with Crippen LogP contribution in [0, 0.1) is 13.8 Å². The molecule has 0 aliphatic rings. The first kappa shape index (κ1) is 22.2. The first-order chi connectivity index (χ1) is 12.4. The molecule has 27 heavy (non-hydrogen) atoms. The Kier molecular flexibility index (Phi) is 7.70. The molecule has 1 heterocycles. The summed E-state index contributed by atoms with van der Waals surface area (Å²) in [5.41, 5.74) is 6.94. The number of benzene rings is 2. The van der Waals surface area contributed by atoms with E-state index in [-0.39, 0.29) is 29.6 Å². The van der Waals surface area contributed by atoms with E-state index < -0.39 is 8.80 Å². The van der Waals surface area contributed by atoms with Crippen LogP contribution in [0.1, 0.15) is 38.8 Å². The predicted octanol–water partition coefficient (Wildman–Crippen LogP) is 3.71. The van der Waals surface area contributed by atoms with E-state index in [4.69, 9.17) is 5.32 Å². The van der Waals surface area contributed by atoms with Crippen LogP contribution in [0.5, 0.6) is 0 Å². The van der Waals surface area contributed by atoms with Gasteiger partial charge in [-0.2, -0.15) is 0 Å². The number of aryl methyl sites for hydroxylation is 2. The fraction of sp³-hybridized carbons (Fsp3) is 0.348. The quantitative estimate of drug-likeness (QED) is 0.617. The van der Waals surface area contributed by atoms with Crippen molar-refractivity contribution in [3.05, 3.63) is 65.1 Å². The van der Waals surface area contributed by atoms with Crippen molar-refractivity contribution in [1.29, 1.82) is 0 Å². The van der Waals surface area contributed by atoms with Gasteiger partial charge in [0.05, 0.1) is 14.3 Å². The molecule has 0 atom stereocenters. The molecule has 3 rings (SSSR count). The molecule has 0 N–H and O–H groups in total. The summed E-state index contributed by atoms with van der Waals surface area (Å²) in [6, 6.07) is 15.2. The summed E-state index contributed by atoms with van der Waals surface area (Å²) in [6.07, 6.45) is 1.85. The van der Waals surface area contributed by atoms with Gasteiger partial charge in [-0.1, -0.05) is 74.3 Å². The normalized spacial score (nSPS) is 11.3. The van der Waals surface area contributed by atoms with Crippen molar-refractivity contribution < 1.29 is 29.6 Å². The molecule has 0 unspecified atom stereocenters. The summed E-state index contributed by atoms with van der Waals surface area (Å²) in [6.45, 7) is 13.7. The first-order valence-corrected chi connectivity index (χ1v) is 11.1. The second-order valence-corrected chi connectivity index (χ2v) is 11.5. The molecule has 0 bridgehead atoms. The number of nitrogens with zero attached hydrogens (tertiary/aromatic N) is 2. The molecule has 3 aromatic rings. The average molecular weight is 384 g/mol. The van der Waals surface area contributed by atoms with Crippen LogP contribution < -0.4 is 34.7 Å². The third kappa shape index (κ3) is 5.03. The first-order valence-electron chi connectivity index (χ1n) is 9.41. The number of fused-ring (bicyclic) bond motifs is 1. The van der Waals surface area contributed by atoms with Gasteiger partial charge in [0, 0.05) is 6.20 Å². The van der Waals surface area contributed by atoms with Gasteiger partial charge < -0.3 is 5.32 Å². The summed E-state index contributed by atoms with van der Waals surface area (Å²) in [5, 5.41) is 7.72. The van der Waals surface area contributed by atoms with E-state index in [0.29, 0.717) is 11.1 Å². The molecule has 1 aromatic heterocycles. The predicted molar refractivity (Wildman–Crippen MR) is 116 cm³/mol. The SMILES string of the molecule is Cc1ccc([N-]c2cc(C)cc3cccnc23)c([Si](C(C)C)C(C)C)c1.[Na+]. The number of rotatable bonds is 5. The van der Waals surface area contributed by atoms with Crippen molar-refractivity contribution in [1.82, 2.24) is 4.98 Å². The zero-order chi connectivity index (χ0) is 18.8. The summed E-state index contributed by atoms with van der Waals surface area (Å²) < 4.78 is 0. The van der Waals surface area contributed by atoms with Gasteiger partial charge in [0.15, 0.2) is 0 Å². The molecule has 4 heteroatoms. The molecule has 0 amide bonds. The Balaban J connectivity index is 0.00000261. The van der Waals surface area contributed by atoms with Gasteiger partial charge in [0.25, 0.3) is 0 Å². The molecule has 135 valence electrons. The Labute approximate surface area is 187 Å². The third-order valence-corrected chi connectivity index (χ3v) is 8.29. The molecule has 0 spiro atoms. The molecule has 0 saturated heterocycles. The van der Waals surface area contributed by atoms with Gasteiger partial charge in [-0.3, -0.25) is 4.98 Å². The van der Waals surface area contributed by atoms with Crippen LogP contribution in [0.2, 0.25) is 11.1 Å². The molecule has 1 radical (unpaired) electrons. The minimum Gasteiger partial charge on any atom is -0.656 e. The topological polar surface area (TPSA) is 27.0 Å². The van der Waals surface area contributed by atoms with E-state index in [9.17, 15) is 0 Å². The van der Waals surface area contributed by atoms with Crippen LogP contribution in [-0.2, 0) is 0 Å². The number of pyridine rings is 1. The maximum atomic E-state index is 5.12. The smallest absolute Gasteiger partial charge is 0.656 e. The second kappa shape index (κ2) is 9.38. The average Bonchev–Trinajstić information content (AvgIpc) is 2.56. The Hall–Kier alpha value is -1.13. The van der Waals surface area contributed by atoms with Crippen LogP contribution in [0.15, 0.2) is 48.7 Å². The zero-order valence-electron chi connectivity index (χ0n) is 17.7. The van der Waals surface area contributed by atoms with Gasteiger partial charge >= 0.3 is 29.6 Å². The monoisotopic (exact) mass is 383 g/mol. The molecule has 2 aromatic carbocycles. The van der Waals surface area contributed by atoms with Crippen LogP contribution >= 0.6 is 0 Å². The van der Waals surface area contributed by atoms with Gasteiger partial charge in [0.1, 0.15) is 0 Å². The van der Waals surface area contributed by atoms with E-state index >= 15 is 0 Å². The van der Waals surface area contributed by atoms with Crippen LogP contribution in [0.25, 0.3) is 16.2 Å². The van der Waals surface area contributed by atoms with Crippen LogP contribution in [0.3, 0.4) is 0 Å². The van der Waals surface area contributed by atoms with Crippen LogP contribution in [-0.4, -0.2) is 13.8 Å². The third-order valence-electron chi connectivity index (χ3n) is 4.78. The maximum absolute atomic E-state index is 5.12. The van der Waals surface area contributed by atoms with Gasteiger partial charge in [-0.25, -0.2) is 0 Å². The Bertz CT molecular complexity index is 913. The molecule has 0 fully saturated rings. The van der Waals surface area contributed by atoms with Crippen molar-refractivity contribution in [2.24, 2.45) is 0 Å². The Morgan fingerprint density at radius 2 is 1.56 bits per heavy atom. The van der Waals surface area contributed by atoms with Crippen LogP contribution in [0.4, 0.5) is 11.4 Å². The van der Waals surface area contributed by atoms with E-state index in [1.54, 1.807) is 0 Å². The second-order valence-electron chi connectivity index (χ2n) is 7.76. The standard InChI is InChI=1S/C23H28N2Si.Na/c1-15(2)26(16(3)4)22-14-17(5)9-10-20(22)25-21-13-18(6)12-19-8-7-11-24-23(19)21;/h7-16H,1-6H3;/q-1;+1. The van der Waals surface area contributed by atoms with Gasteiger partial charge in [0.2, 0.25) is 0 Å². The fourth-order valence-corrected chi connectivity index (χ4v) is 7.21. The minimum atomic E-state index is -0.704. The summed E-state index contributed by atoms with van der Waals surface area (Å²) >= 11 is 0. The van der Waals surface area contributed by atoms with Crippen molar-refractivity contribution >= 4 is 36.3 Å². The molecule has 2 nitrogen and oxygen atoms in total. The molecule has 0 aliphatic heterocycles. The molecular formula is C23H28N2NaSi. The largest absolute Gasteiger partial charge is 1.00 e. The van der Waals surface area contributed by atoms with E-state index in [1.807, 2.05) is 12.3 Å². The van der Waals surface area contributed by atoms with E-state index in [1.165, 1.54) is 16.3 Å². The van der Waals surface area contributed by atoms with E-state index in [0.717, 1.165) is 22.3 Å². The number of hydrogen-bond acceptors (Lipinski definition) is 1. The van der Waals surface area contributed by atoms with Crippen molar-refractivity contribution in [3.8, 4) is 0 Å². The van der Waals surface area contributed by atoms with Gasteiger partial charge in [-0.15, -0.1) is 11.4 Å².